The molecule has 0 saturated heterocycles. The lowest BCUT2D eigenvalue weighted by atomic mass is 10.1. The lowest BCUT2D eigenvalue weighted by Gasteiger charge is -2.30. The van der Waals surface area contributed by atoms with E-state index in [-0.39, 0.29) is 5.28 Å². The van der Waals surface area contributed by atoms with Gasteiger partial charge in [-0.2, -0.15) is 15.0 Å². The Morgan fingerprint density at radius 2 is 1.95 bits per heavy atom. The Morgan fingerprint density at radius 1 is 1.25 bits per heavy atom. The lowest BCUT2D eigenvalue weighted by molar-refractivity contribution is 0.311. The van der Waals surface area contributed by atoms with Crippen LogP contribution in [0.15, 0.2) is 0 Å². The number of aromatic nitrogens is 3. The van der Waals surface area contributed by atoms with Crippen molar-refractivity contribution in [2.24, 2.45) is 5.92 Å². The fourth-order valence-corrected chi connectivity index (χ4v) is 2.80. The van der Waals surface area contributed by atoms with Crippen molar-refractivity contribution in [2.45, 2.75) is 52.5 Å². The Morgan fingerprint density at radius 3 is 2.55 bits per heavy atom. The molecule has 0 aromatic carbocycles. The predicted octanol–water partition coefficient (Wildman–Crippen LogP) is 3.33. The maximum Gasteiger partial charge on any atom is 0.322 e. The van der Waals surface area contributed by atoms with Crippen molar-refractivity contribution in [3.8, 4) is 6.01 Å². The van der Waals surface area contributed by atoms with E-state index in [0.717, 1.165) is 6.54 Å². The molecule has 0 unspecified atom stereocenters. The molecule has 1 fully saturated rings. The van der Waals surface area contributed by atoms with E-state index in [0.29, 0.717) is 30.5 Å². The van der Waals surface area contributed by atoms with Gasteiger partial charge in [0.25, 0.3) is 0 Å². The van der Waals surface area contributed by atoms with Crippen LogP contribution in [0.3, 0.4) is 0 Å². The summed E-state index contributed by atoms with van der Waals surface area (Å²) >= 11 is 6.00. The number of hydrogen-bond donors (Lipinski definition) is 0. The van der Waals surface area contributed by atoms with Crippen LogP contribution in [-0.4, -0.2) is 34.1 Å². The van der Waals surface area contributed by atoms with E-state index in [9.17, 15) is 0 Å². The SMILES string of the molecule is CCOc1nc(Cl)nc(N(CC(C)C)C2CCCC2)n1. The van der Waals surface area contributed by atoms with Gasteiger partial charge in [0.15, 0.2) is 0 Å². The zero-order valence-electron chi connectivity index (χ0n) is 12.5. The summed E-state index contributed by atoms with van der Waals surface area (Å²) in [6.45, 7) is 7.76. The molecule has 0 aliphatic heterocycles. The molecule has 0 amide bonds. The standard InChI is InChI=1S/C14H23ClN4O/c1-4-20-14-17-12(15)16-13(18-14)19(9-10(2)3)11-7-5-6-8-11/h10-11H,4-9H2,1-3H3. The highest BCUT2D eigenvalue weighted by Crippen LogP contribution is 2.28. The van der Waals surface area contributed by atoms with Crippen LogP contribution in [0.25, 0.3) is 0 Å². The van der Waals surface area contributed by atoms with E-state index in [1.165, 1.54) is 25.7 Å². The number of halogens is 1. The van der Waals surface area contributed by atoms with Crippen molar-refractivity contribution < 1.29 is 4.74 Å². The molecule has 1 aliphatic rings. The molecule has 0 atom stereocenters. The second-order valence-corrected chi connectivity index (χ2v) is 5.94. The minimum absolute atomic E-state index is 0.199. The number of rotatable bonds is 6. The van der Waals surface area contributed by atoms with Crippen LogP contribution in [0.4, 0.5) is 5.95 Å². The van der Waals surface area contributed by atoms with Gasteiger partial charge in [-0.15, -0.1) is 0 Å². The largest absolute Gasteiger partial charge is 0.464 e. The van der Waals surface area contributed by atoms with E-state index in [1.807, 2.05) is 6.92 Å². The molecular formula is C14H23ClN4O. The smallest absolute Gasteiger partial charge is 0.322 e. The molecule has 20 heavy (non-hydrogen) atoms. The van der Waals surface area contributed by atoms with Gasteiger partial charge in [0, 0.05) is 12.6 Å². The molecule has 112 valence electrons. The van der Waals surface area contributed by atoms with Crippen molar-refractivity contribution in [1.29, 1.82) is 0 Å². The summed E-state index contributed by atoms with van der Waals surface area (Å²) in [5, 5.41) is 0.199. The molecule has 0 radical (unpaired) electrons. The van der Waals surface area contributed by atoms with Crippen molar-refractivity contribution >= 4 is 17.5 Å². The molecule has 0 N–H and O–H groups in total. The van der Waals surface area contributed by atoms with Gasteiger partial charge in [0.2, 0.25) is 11.2 Å². The van der Waals surface area contributed by atoms with E-state index in [4.69, 9.17) is 16.3 Å². The monoisotopic (exact) mass is 298 g/mol. The molecule has 6 heteroatoms. The molecule has 0 spiro atoms. The van der Waals surface area contributed by atoms with Crippen molar-refractivity contribution in [1.82, 2.24) is 15.0 Å². The summed E-state index contributed by atoms with van der Waals surface area (Å²) in [5.41, 5.74) is 0. The van der Waals surface area contributed by atoms with Gasteiger partial charge >= 0.3 is 6.01 Å². The molecule has 1 aromatic heterocycles. The summed E-state index contributed by atoms with van der Waals surface area (Å²) in [6, 6.07) is 0.819. The second-order valence-electron chi connectivity index (χ2n) is 5.60. The quantitative estimate of drug-likeness (QED) is 0.806. The third kappa shape index (κ3) is 3.95. The minimum Gasteiger partial charge on any atom is -0.464 e. The summed E-state index contributed by atoms with van der Waals surface area (Å²) in [4.78, 5) is 15.0. The lowest BCUT2D eigenvalue weighted by Crippen LogP contribution is -2.37. The van der Waals surface area contributed by atoms with E-state index in [1.54, 1.807) is 0 Å². The molecule has 1 aliphatic carbocycles. The van der Waals surface area contributed by atoms with E-state index < -0.39 is 0 Å². The minimum atomic E-state index is 0.199. The highest BCUT2D eigenvalue weighted by molar-refractivity contribution is 6.28. The maximum absolute atomic E-state index is 6.00. The Labute approximate surface area is 125 Å². The van der Waals surface area contributed by atoms with E-state index in [2.05, 4.69) is 33.7 Å². The van der Waals surface area contributed by atoms with E-state index >= 15 is 0 Å². The zero-order valence-corrected chi connectivity index (χ0v) is 13.2. The topological polar surface area (TPSA) is 51.1 Å². The Balaban J connectivity index is 2.26. The first-order chi connectivity index (χ1) is 9.60. The third-order valence-electron chi connectivity index (χ3n) is 3.43. The van der Waals surface area contributed by atoms with Gasteiger partial charge in [-0.1, -0.05) is 26.7 Å². The molecule has 1 heterocycles. The first kappa shape index (κ1) is 15.3. The van der Waals surface area contributed by atoms with Gasteiger partial charge in [-0.25, -0.2) is 0 Å². The van der Waals surface area contributed by atoms with Crippen LogP contribution in [0, 0.1) is 5.92 Å². The molecule has 1 saturated carbocycles. The molecular weight excluding hydrogens is 276 g/mol. The van der Waals surface area contributed by atoms with Gasteiger partial charge in [0.1, 0.15) is 0 Å². The van der Waals surface area contributed by atoms with Crippen LogP contribution < -0.4 is 9.64 Å². The average molecular weight is 299 g/mol. The first-order valence-corrected chi connectivity index (χ1v) is 7.79. The van der Waals surface area contributed by atoms with Crippen LogP contribution in [0.5, 0.6) is 6.01 Å². The van der Waals surface area contributed by atoms with Crippen molar-refractivity contribution in [2.75, 3.05) is 18.1 Å². The summed E-state index contributed by atoms with van der Waals surface area (Å²) < 4.78 is 5.37. The number of nitrogens with zero attached hydrogens (tertiary/aromatic N) is 4. The van der Waals surface area contributed by atoms with Crippen LogP contribution in [0.2, 0.25) is 5.28 Å². The molecule has 2 rings (SSSR count). The van der Waals surface area contributed by atoms with Crippen LogP contribution in [-0.2, 0) is 0 Å². The number of anilines is 1. The fourth-order valence-electron chi connectivity index (χ4n) is 2.65. The summed E-state index contributed by atoms with van der Waals surface area (Å²) in [6.07, 6.45) is 4.94. The first-order valence-electron chi connectivity index (χ1n) is 7.41. The fraction of sp³-hybridized carbons (Fsp3) is 0.786. The van der Waals surface area contributed by atoms with Gasteiger partial charge < -0.3 is 9.64 Å². The average Bonchev–Trinajstić information content (AvgIpc) is 2.89. The molecule has 5 nitrogen and oxygen atoms in total. The Bertz CT molecular complexity index is 435. The Kier molecular flexibility index (Phi) is 5.40. The highest BCUT2D eigenvalue weighted by Gasteiger charge is 2.26. The normalized spacial score (nSPS) is 15.8. The van der Waals surface area contributed by atoms with Crippen molar-refractivity contribution in [3.63, 3.8) is 0 Å². The van der Waals surface area contributed by atoms with Crippen molar-refractivity contribution in [3.05, 3.63) is 5.28 Å². The van der Waals surface area contributed by atoms with Gasteiger partial charge in [-0.05, 0) is 37.3 Å². The second kappa shape index (κ2) is 7.07. The summed E-state index contributed by atoms with van der Waals surface area (Å²) in [7, 11) is 0. The molecule has 1 aromatic rings. The number of ether oxygens (including phenoxy) is 1. The highest BCUT2D eigenvalue weighted by atomic mass is 35.5. The van der Waals surface area contributed by atoms with Gasteiger partial charge in [-0.3, -0.25) is 0 Å². The predicted molar refractivity (Wildman–Crippen MR) is 80.4 cm³/mol. The maximum atomic E-state index is 6.00. The summed E-state index contributed by atoms with van der Waals surface area (Å²) in [5.74, 6) is 1.19. The Hall–Kier alpha value is -1.10. The third-order valence-corrected chi connectivity index (χ3v) is 3.60. The van der Waals surface area contributed by atoms with Crippen LogP contribution >= 0.6 is 11.6 Å². The van der Waals surface area contributed by atoms with Gasteiger partial charge in [0.05, 0.1) is 6.61 Å². The van der Waals surface area contributed by atoms with Crippen LogP contribution in [0.1, 0.15) is 46.5 Å². The number of hydrogen-bond acceptors (Lipinski definition) is 5. The molecule has 0 bridgehead atoms. The zero-order chi connectivity index (χ0) is 14.5.